The van der Waals surface area contributed by atoms with Crippen LogP contribution in [-0.2, 0) is 26.3 Å². The van der Waals surface area contributed by atoms with Gasteiger partial charge in [0.25, 0.3) is 0 Å². The Morgan fingerprint density at radius 2 is 2.15 bits per heavy atom. The molecule has 0 aromatic heterocycles. The second-order valence-corrected chi connectivity index (χ2v) is 7.61. The zero-order valence-corrected chi connectivity index (χ0v) is 15.9. The number of carbonyl (C=O) groups excluding carboxylic acids is 2. The van der Waals surface area contributed by atoms with E-state index in [-0.39, 0.29) is 18.5 Å². The molecule has 7 heteroatoms. The third-order valence-corrected chi connectivity index (χ3v) is 5.80. The number of amides is 1. The fourth-order valence-electron chi connectivity index (χ4n) is 3.70. The molecule has 1 amide bonds. The quantitative estimate of drug-likeness (QED) is 0.737. The number of fused-ring (bicyclic) bond motifs is 2. The summed E-state index contributed by atoms with van der Waals surface area (Å²) in [5.74, 6) is -0.466. The van der Waals surface area contributed by atoms with E-state index in [1.165, 1.54) is 0 Å². The van der Waals surface area contributed by atoms with Crippen LogP contribution in [0.3, 0.4) is 0 Å². The highest BCUT2D eigenvalue weighted by Gasteiger charge is 2.53. The Morgan fingerprint density at radius 3 is 2.93 bits per heavy atom. The highest BCUT2D eigenvalue weighted by molar-refractivity contribution is 9.10. The molecule has 2 atom stereocenters. The molecule has 0 radical (unpaired) electrons. The van der Waals surface area contributed by atoms with Gasteiger partial charge in [0.1, 0.15) is 18.7 Å². The SMILES string of the molecule is N#Cc1ccc(COC(=O)[C@H]2C[C@]3(CN2)C(=O)Nc2ccccc23)cc1Br. The summed E-state index contributed by atoms with van der Waals surface area (Å²) in [6.07, 6.45) is 0.367. The molecule has 2 heterocycles. The molecule has 0 aliphatic carbocycles. The molecule has 6 nitrogen and oxygen atoms in total. The Balaban J connectivity index is 1.44. The number of rotatable bonds is 3. The van der Waals surface area contributed by atoms with Crippen LogP contribution < -0.4 is 10.6 Å². The average Bonchev–Trinajstić information content (AvgIpc) is 3.24. The molecular formula is C20H16BrN3O3. The topological polar surface area (TPSA) is 91.2 Å². The molecule has 2 aromatic carbocycles. The molecule has 2 aromatic rings. The van der Waals surface area contributed by atoms with Gasteiger partial charge < -0.3 is 15.4 Å². The van der Waals surface area contributed by atoms with Crippen molar-refractivity contribution in [2.24, 2.45) is 0 Å². The molecule has 1 spiro atoms. The van der Waals surface area contributed by atoms with Crippen molar-refractivity contribution in [1.82, 2.24) is 5.32 Å². The van der Waals surface area contributed by atoms with E-state index < -0.39 is 11.5 Å². The average molecular weight is 426 g/mol. The van der Waals surface area contributed by atoms with Crippen molar-refractivity contribution in [2.45, 2.75) is 24.5 Å². The zero-order chi connectivity index (χ0) is 19.0. The van der Waals surface area contributed by atoms with Gasteiger partial charge in [0.15, 0.2) is 0 Å². The minimum atomic E-state index is -0.724. The molecule has 2 aliphatic rings. The maximum atomic E-state index is 12.6. The number of carbonyl (C=O) groups is 2. The maximum absolute atomic E-state index is 12.6. The Labute approximate surface area is 164 Å². The van der Waals surface area contributed by atoms with Crippen LogP contribution >= 0.6 is 15.9 Å². The zero-order valence-electron chi connectivity index (χ0n) is 14.3. The van der Waals surface area contributed by atoms with E-state index in [4.69, 9.17) is 10.00 Å². The van der Waals surface area contributed by atoms with Crippen LogP contribution in [0.1, 0.15) is 23.1 Å². The number of halogens is 1. The fraction of sp³-hybridized carbons (Fsp3) is 0.250. The smallest absolute Gasteiger partial charge is 0.323 e. The number of anilines is 1. The van der Waals surface area contributed by atoms with Crippen molar-refractivity contribution in [3.8, 4) is 6.07 Å². The maximum Gasteiger partial charge on any atom is 0.323 e. The van der Waals surface area contributed by atoms with Crippen LogP contribution in [0.5, 0.6) is 0 Å². The van der Waals surface area contributed by atoms with Crippen molar-refractivity contribution >= 4 is 33.5 Å². The molecule has 2 N–H and O–H groups in total. The number of benzene rings is 2. The highest BCUT2D eigenvalue weighted by Crippen LogP contribution is 2.43. The van der Waals surface area contributed by atoms with Gasteiger partial charge in [-0.05, 0) is 51.7 Å². The van der Waals surface area contributed by atoms with Gasteiger partial charge in [-0.25, -0.2) is 0 Å². The molecule has 0 saturated carbocycles. The third-order valence-electron chi connectivity index (χ3n) is 5.15. The van der Waals surface area contributed by atoms with Crippen LogP contribution in [0.15, 0.2) is 46.9 Å². The summed E-state index contributed by atoms with van der Waals surface area (Å²) < 4.78 is 6.09. The Kier molecular flexibility index (Phi) is 4.46. The number of nitrogens with zero attached hydrogens (tertiary/aromatic N) is 1. The standard InChI is InChI=1S/C20H16BrN3O3/c21-15-7-12(5-6-13(15)9-22)10-27-18(25)17-8-20(11-23-17)14-3-1-2-4-16(14)24-19(20)26/h1-7,17,23H,8,10-11H2,(H,24,26)/t17-,20-/m1/s1. The lowest BCUT2D eigenvalue weighted by Crippen LogP contribution is -2.36. The molecule has 0 bridgehead atoms. The summed E-state index contributed by atoms with van der Waals surface area (Å²) >= 11 is 3.32. The summed E-state index contributed by atoms with van der Waals surface area (Å²) in [6.45, 7) is 0.509. The van der Waals surface area contributed by atoms with Gasteiger partial charge in [-0.3, -0.25) is 9.59 Å². The molecule has 136 valence electrons. The van der Waals surface area contributed by atoms with Gasteiger partial charge >= 0.3 is 5.97 Å². The largest absolute Gasteiger partial charge is 0.460 e. The summed E-state index contributed by atoms with van der Waals surface area (Å²) in [4.78, 5) is 25.1. The molecule has 1 saturated heterocycles. The summed E-state index contributed by atoms with van der Waals surface area (Å²) in [6, 6.07) is 14.3. The number of nitriles is 1. The van der Waals surface area contributed by atoms with Gasteiger partial charge in [-0.1, -0.05) is 24.3 Å². The summed E-state index contributed by atoms with van der Waals surface area (Å²) in [5.41, 5.74) is 2.31. The second kappa shape index (κ2) is 6.80. The van der Waals surface area contributed by atoms with E-state index in [9.17, 15) is 9.59 Å². The number of nitrogens with one attached hydrogen (secondary N) is 2. The van der Waals surface area contributed by atoms with E-state index in [1.54, 1.807) is 18.2 Å². The van der Waals surface area contributed by atoms with Crippen LogP contribution in [0, 0.1) is 11.3 Å². The summed E-state index contributed by atoms with van der Waals surface area (Å²) in [5, 5.41) is 15.0. The molecule has 27 heavy (non-hydrogen) atoms. The number of esters is 1. The predicted octanol–water partition coefficient (Wildman–Crippen LogP) is 2.62. The predicted molar refractivity (Wildman–Crippen MR) is 102 cm³/mol. The van der Waals surface area contributed by atoms with Crippen molar-refractivity contribution in [3.05, 3.63) is 63.6 Å². The monoisotopic (exact) mass is 425 g/mol. The van der Waals surface area contributed by atoms with E-state index in [1.807, 2.05) is 24.3 Å². The lowest BCUT2D eigenvalue weighted by molar-refractivity contribution is -0.147. The molecule has 0 unspecified atom stereocenters. The first-order chi connectivity index (χ1) is 13.0. The number of ether oxygens (including phenoxy) is 1. The second-order valence-electron chi connectivity index (χ2n) is 6.75. The van der Waals surface area contributed by atoms with Gasteiger partial charge in [0, 0.05) is 16.7 Å². The number of para-hydroxylation sites is 1. The number of hydrogen-bond acceptors (Lipinski definition) is 5. The Bertz CT molecular complexity index is 985. The molecule has 4 rings (SSSR count). The minimum absolute atomic E-state index is 0.0810. The first-order valence-corrected chi connectivity index (χ1v) is 9.32. The van der Waals surface area contributed by atoms with Crippen molar-refractivity contribution < 1.29 is 14.3 Å². The molecule has 2 aliphatic heterocycles. The lowest BCUT2D eigenvalue weighted by atomic mass is 9.79. The van der Waals surface area contributed by atoms with Gasteiger partial charge in [0.2, 0.25) is 5.91 Å². The van der Waals surface area contributed by atoms with Gasteiger partial charge in [-0.15, -0.1) is 0 Å². The number of hydrogen-bond donors (Lipinski definition) is 2. The first kappa shape index (κ1) is 17.7. The normalized spacial score (nSPS) is 23.0. The molecular weight excluding hydrogens is 410 g/mol. The van der Waals surface area contributed by atoms with E-state index >= 15 is 0 Å². The lowest BCUT2D eigenvalue weighted by Gasteiger charge is -2.20. The van der Waals surface area contributed by atoms with Crippen LogP contribution in [0.4, 0.5) is 5.69 Å². The van der Waals surface area contributed by atoms with Crippen LogP contribution in [0.25, 0.3) is 0 Å². The van der Waals surface area contributed by atoms with E-state index in [0.29, 0.717) is 23.0 Å². The highest BCUT2D eigenvalue weighted by atomic mass is 79.9. The van der Waals surface area contributed by atoms with Crippen LogP contribution in [0.2, 0.25) is 0 Å². The minimum Gasteiger partial charge on any atom is -0.460 e. The van der Waals surface area contributed by atoms with Crippen molar-refractivity contribution in [1.29, 1.82) is 5.26 Å². The molecule has 1 fully saturated rings. The van der Waals surface area contributed by atoms with Crippen LogP contribution in [-0.4, -0.2) is 24.5 Å². The first-order valence-electron chi connectivity index (χ1n) is 8.53. The Hall–Kier alpha value is -2.69. The van der Waals surface area contributed by atoms with Crippen molar-refractivity contribution in [2.75, 3.05) is 11.9 Å². The van der Waals surface area contributed by atoms with E-state index in [0.717, 1.165) is 16.8 Å². The Morgan fingerprint density at radius 1 is 1.33 bits per heavy atom. The van der Waals surface area contributed by atoms with Gasteiger partial charge in [-0.2, -0.15) is 5.26 Å². The third kappa shape index (κ3) is 3.01. The fourth-order valence-corrected chi connectivity index (χ4v) is 4.22. The van der Waals surface area contributed by atoms with E-state index in [2.05, 4.69) is 32.6 Å². The van der Waals surface area contributed by atoms with Crippen molar-refractivity contribution in [3.63, 3.8) is 0 Å². The van der Waals surface area contributed by atoms with Gasteiger partial charge in [0.05, 0.1) is 11.0 Å². The summed E-state index contributed by atoms with van der Waals surface area (Å²) in [7, 11) is 0.